The summed E-state index contributed by atoms with van der Waals surface area (Å²) in [7, 11) is 0. The molecule has 11 heteroatoms. The first-order valence-corrected chi connectivity index (χ1v) is 10.8. The van der Waals surface area contributed by atoms with Gasteiger partial charge in [-0.15, -0.1) is 0 Å². The van der Waals surface area contributed by atoms with Crippen LogP contribution in [0.3, 0.4) is 0 Å². The number of aliphatic carboxylic acids is 1. The van der Waals surface area contributed by atoms with Crippen molar-refractivity contribution in [1.29, 1.82) is 0 Å². The number of halogens is 3. The summed E-state index contributed by atoms with van der Waals surface area (Å²) in [6.45, 7) is 6.63. The first-order chi connectivity index (χ1) is 16.1. The molecule has 1 aromatic carbocycles. The highest BCUT2D eigenvalue weighted by Crippen LogP contribution is 2.19. The van der Waals surface area contributed by atoms with Crippen molar-refractivity contribution in [3.63, 3.8) is 0 Å². The number of alkyl halides is 3. The average Bonchev–Trinajstić information content (AvgIpc) is 3.50. The van der Waals surface area contributed by atoms with Gasteiger partial charge in [0, 0.05) is 54.8 Å². The minimum atomic E-state index is -5.08. The van der Waals surface area contributed by atoms with Crippen molar-refractivity contribution in [3.8, 4) is 0 Å². The van der Waals surface area contributed by atoms with E-state index in [1.54, 1.807) is 6.20 Å². The number of carboxylic acid groups (broad SMARTS) is 1. The molecule has 1 fully saturated rings. The predicted molar refractivity (Wildman–Crippen MR) is 118 cm³/mol. The molecule has 1 unspecified atom stereocenters. The number of nitrogens with one attached hydrogen (secondary N) is 1. The number of benzene rings is 1. The van der Waals surface area contributed by atoms with Crippen LogP contribution in [0.1, 0.15) is 53.0 Å². The molecule has 0 saturated carbocycles. The Balaban J connectivity index is 0.000000406. The highest BCUT2D eigenvalue weighted by molar-refractivity contribution is 5.94. The summed E-state index contributed by atoms with van der Waals surface area (Å²) >= 11 is 0. The number of aromatic nitrogens is 3. The molecule has 4 rings (SSSR count). The van der Waals surface area contributed by atoms with Crippen molar-refractivity contribution in [2.45, 2.75) is 45.5 Å². The van der Waals surface area contributed by atoms with Gasteiger partial charge in [0.1, 0.15) is 0 Å². The van der Waals surface area contributed by atoms with Gasteiger partial charge in [-0.2, -0.15) is 18.3 Å². The third-order valence-corrected chi connectivity index (χ3v) is 5.58. The van der Waals surface area contributed by atoms with Crippen LogP contribution in [-0.4, -0.2) is 55.7 Å². The fourth-order valence-corrected chi connectivity index (χ4v) is 3.73. The van der Waals surface area contributed by atoms with Crippen molar-refractivity contribution in [2.75, 3.05) is 13.1 Å². The van der Waals surface area contributed by atoms with Gasteiger partial charge in [-0.1, -0.05) is 12.1 Å². The molecule has 2 N–H and O–H groups in total. The summed E-state index contributed by atoms with van der Waals surface area (Å²) in [5.41, 5.74) is 4.95. The van der Waals surface area contributed by atoms with Gasteiger partial charge in [0.15, 0.2) is 5.65 Å². The molecule has 8 nitrogen and oxygen atoms in total. The molecule has 1 saturated heterocycles. The van der Waals surface area contributed by atoms with E-state index in [9.17, 15) is 18.0 Å². The van der Waals surface area contributed by atoms with E-state index in [0.717, 1.165) is 54.0 Å². The zero-order valence-electron chi connectivity index (χ0n) is 18.8. The summed E-state index contributed by atoms with van der Waals surface area (Å²) in [6.07, 6.45) is 0.814. The van der Waals surface area contributed by atoms with Crippen LogP contribution in [0, 0.1) is 6.92 Å². The number of likely N-dealkylation sites (tertiary alicyclic amines) is 1. The highest BCUT2D eigenvalue weighted by Gasteiger charge is 2.38. The Labute approximate surface area is 194 Å². The summed E-state index contributed by atoms with van der Waals surface area (Å²) in [6, 6.07) is 9.97. The summed E-state index contributed by atoms with van der Waals surface area (Å²) < 4.78 is 33.6. The van der Waals surface area contributed by atoms with Crippen LogP contribution in [0.4, 0.5) is 13.2 Å². The molecule has 0 radical (unpaired) electrons. The van der Waals surface area contributed by atoms with Gasteiger partial charge in [0.25, 0.3) is 5.91 Å². The van der Waals surface area contributed by atoms with Gasteiger partial charge in [0.2, 0.25) is 0 Å². The molecule has 0 spiro atoms. The predicted octanol–water partition coefficient (Wildman–Crippen LogP) is 3.76. The maximum Gasteiger partial charge on any atom is 0.490 e. The van der Waals surface area contributed by atoms with Crippen LogP contribution in [0.2, 0.25) is 0 Å². The van der Waals surface area contributed by atoms with Crippen molar-refractivity contribution in [3.05, 3.63) is 65.1 Å². The second-order valence-electron chi connectivity index (χ2n) is 8.01. The summed E-state index contributed by atoms with van der Waals surface area (Å²) in [4.78, 5) is 27.9. The van der Waals surface area contributed by atoms with Crippen molar-refractivity contribution in [2.24, 2.45) is 0 Å². The van der Waals surface area contributed by atoms with Crippen LogP contribution < -0.4 is 5.32 Å². The number of nitrogens with zero attached hydrogens (tertiary/aromatic N) is 4. The maximum atomic E-state index is 12.6. The van der Waals surface area contributed by atoms with Gasteiger partial charge in [0.05, 0.1) is 6.20 Å². The van der Waals surface area contributed by atoms with Crippen molar-refractivity contribution >= 4 is 17.5 Å². The summed E-state index contributed by atoms with van der Waals surface area (Å²) in [5.74, 6) is -2.61. The third kappa shape index (κ3) is 6.10. The lowest BCUT2D eigenvalue weighted by atomic mass is 10.1. The Hall–Kier alpha value is -3.47. The van der Waals surface area contributed by atoms with Crippen LogP contribution in [0.5, 0.6) is 0 Å². The smallest absolute Gasteiger partial charge is 0.475 e. The number of hydrogen-bond acceptors (Lipinski definition) is 5. The lowest BCUT2D eigenvalue weighted by molar-refractivity contribution is -0.192. The topological polar surface area (TPSA) is 99.8 Å². The molecular formula is C23H26F3N5O3. The molecule has 1 aliphatic rings. The number of carbonyl (C=O) groups is 2. The number of fused-ring (bicyclic) bond motifs is 1. The maximum absolute atomic E-state index is 12.6. The third-order valence-electron chi connectivity index (χ3n) is 5.58. The van der Waals surface area contributed by atoms with Gasteiger partial charge in [-0.25, -0.2) is 14.3 Å². The van der Waals surface area contributed by atoms with E-state index in [1.807, 2.05) is 39.9 Å². The Morgan fingerprint density at radius 2 is 1.88 bits per heavy atom. The Kier molecular flexibility index (Phi) is 7.87. The molecule has 0 aliphatic carbocycles. The molecule has 1 atom stereocenters. The average molecular weight is 477 g/mol. The fourth-order valence-electron chi connectivity index (χ4n) is 3.73. The van der Waals surface area contributed by atoms with Crippen molar-refractivity contribution in [1.82, 2.24) is 24.8 Å². The lowest BCUT2D eigenvalue weighted by Crippen LogP contribution is -2.27. The lowest BCUT2D eigenvalue weighted by Gasteiger charge is -2.18. The monoisotopic (exact) mass is 477 g/mol. The van der Waals surface area contributed by atoms with Crippen LogP contribution >= 0.6 is 0 Å². The molecule has 0 bridgehead atoms. The molecule has 34 heavy (non-hydrogen) atoms. The van der Waals surface area contributed by atoms with E-state index in [-0.39, 0.29) is 11.9 Å². The minimum Gasteiger partial charge on any atom is -0.475 e. The zero-order valence-corrected chi connectivity index (χ0v) is 18.8. The van der Waals surface area contributed by atoms with E-state index in [2.05, 4.69) is 35.3 Å². The van der Waals surface area contributed by atoms with Crippen LogP contribution in [0.25, 0.3) is 5.65 Å². The van der Waals surface area contributed by atoms with E-state index < -0.39 is 12.1 Å². The minimum absolute atomic E-state index is 0.129. The number of carbonyl (C=O) groups excluding carboxylic acids is 1. The van der Waals surface area contributed by atoms with Crippen molar-refractivity contribution < 1.29 is 27.9 Å². The Morgan fingerprint density at radius 1 is 1.21 bits per heavy atom. The van der Waals surface area contributed by atoms with Gasteiger partial charge in [-0.05, 0) is 44.4 Å². The molecule has 1 aliphatic heterocycles. The standard InChI is InChI=1S/C21H25N5O.C2HF3O2/c1-15(19-14-23-20-8-9-24-26(20)16(19)2)22-13-17-6-5-7-18(12-17)21(27)25-10-3-4-11-25;3-2(4,5)1(6)7/h5-9,12,14-15,22H,3-4,10-11,13H2,1-2H3;(H,6,7). The van der Waals surface area contributed by atoms with E-state index >= 15 is 0 Å². The Morgan fingerprint density at radius 3 is 2.53 bits per heavy atom. The number of carboxylic acids is 1. The second-order valence-corrected chi connectivity index (χ2v) is 8.01. The van der Waals surface area contributed by atoms with E-state index in [4.69, 9.17) is 9.90 Å². The highest BCUT2D eigenvalue weighted by atomic mass is 19.4. The number of amides is 1. The first kappa shape index (κ1) is 25.2. The molecule has 2 aromatic heterocycles. The number of aryl methyl sites for hydroxylation is 1. The molecule has 182 valence electrons. The number of rotatable bonds is 5. The molecule has 3 heterocycles. The SMILES string of the molecule is Cc1c(C(C)NCc2cccc(C(=O)N3CCCC3)c2)cnc2ccnn12.O=C(O)C(F)(F)F. The summed E-state index contributed by atoms with van der Waals surface area (Å²) in [5, 5.41) is 15.0. The van der Waals surface area contributed by atoms with E-state index in [0.29, 0.717) is 6.54 Å². The second kappa shape index (κ2) is 10.6. The first-order valence-electron chi connectivity index (χ1n) is 10.8. The quantitative estimate of drug-likeness (QED) is 0.581. The largest absolute Gasteiger partial charge is 0.490 e. The molecular weight excluding hydrogens is 451 g/mol. The van der Waals surface area contributed by atoms with Crippen LogP contribution in [-0.2, 0) is 11.3 Å². The van der Waals surface area contributed by atoms with E-state index in [1.165, 1.54) is 0 Å². The van der Waals surface area contributed by atoms with Gasteiger partial charge in [-0.3, -0.25) is 4.79 Å². The zero-order chi connectivity index (χ0) is 24.9. The van der Waals surface area contributed by atoms with Gasteiger partial charge >= 0.3 is 12.1 Å². The molecule has 1 amide bonds. The van der Waals surface area contributed by atoms with Crippen LogP contribution in [0.15, 0.2) is 42.7 Å². The number of hydrogen-bond donors (Lipinski definition) is 2. The normalized spacial score (nSPS) is 14.6. The molecule has 3 aromatic rings. The fraction of sp³-hybridized carbons (Fsp3) is 0.391. The van der Waals surface area contributed by atoms with Gasteiger partial charge < -0.3 is 15.3 Å². The Bertz CT molecular complexity index is 1160.